The molecule has 0 aliphatic heterocycles. The zero-order chi connectivity index (χ0) is 22.5. The number of carbonyl (C=O) groups is 1. The molecule has 0 aliphatic carbocycles. The van der Waals surface area contributed by atoms with Crippen LogP contribution in [-0.4, -0.2) is 5.97 Å². The van der Waals surface area contributed by atoms with E-state index >= 15 is 0 Å². The Bertz CT molecular complexity index is 1410. The standard InChI is InChI=1S/C26H17NO5/c1-17-7-9-20(10-8-17)31-24-16-30-23-14-21(11-12-22(23)25(24)28)32-26(29)19(15-27)13-18-5-3-2-4-6-18/h2-14,16H,1H3/b19-13+. The number of hydrogen-bond donors (Lipinski definition) is 0. The molecule has 4 rings (SSSR count). The zero-order valence-corrected chi connectivity index (χ0v) is 17.1. The minimum Gasteiger partial charge on any atom is -0.460 e. The van der Waals surface area contributed by atoms with Gasteiger partial charge in [-0.25, -0.2) is 4.79 Å². The van der Waals surface area contributed by atoms with E-state index < -0.39 is 5.97 Å². The van der Waals surface area contributed by atoms with E-state index in [1.54, 1.807) is 36.4 Å². The highest BCUT2D eigenvalue weighted by Crippen LogP contribution is 2.24. The fraction of sp³-hybridized carbons (Fsp3) is 0.0385. The van der Waals surface area contributed by atoms with Gasteiger partial charge in [0, 0.05) is 6.07 Å². The Balaban J connectivity index is 1.56. The number of nitrogens with zero attached hydrogens (tertiary/aromatic N) is 1. The van der Waals surface area contributed by atoms with Crippen molar-refractivity contribution < 1.29 is 18.7 Å². The molecule has 6 heteroatoms. The monoisotopic (exact) mass is 423 g/mol. The molecule has 0 atom stereocenters. The van der Waals surface area contributed by atoms with Crippen LogP contribution in [0.5, 0.6) is 17.2 Å². The molecule has 0 radical (unpaired) electrons. The molecule has 0 unspecified atom stereocenters. The molecule has 4 aromatic rings. The smallest absolute Gasteiger partial charge is 0.354 e. The number of hydrogen-bond acceptors (Lipinski definition) is 6. The van der Waals surface area contributed by atoms with Crippen LogP contribution >= 0.6 is 0 Å². The first-order chi connectivity index (χ1) is 15.5. The minimum absolute atomic E-state index is 0.0451. The van der Waals surface area contributed by atoms with Gasteiger partial charge in [-0.2, -0.15) is 5.26 Å². The molecule has 1 aromatic heterocycles. The summed E-state index contributed by atoms with van der Waals surface area (Å²) in [5.41, 5.74) is 1.49. The Hall–Kier alpha value is -4.63. The summed E-state index contributed by atoms with van der Waals surface area (Å²) in [4.78, 5) is 25.2. The quantitative estimate of drug-likeness (QED) is 0.185. The lowest BCUT2D eigenvalue weighted by atomic mass is 10.1. The van der Waals surface area contributed by atoms with Gasteiger partial charge in [0.2, 0.25) is 11.2 Å². The van der Waals surface area contributed by atoms with Crippen LogP contribution in [0.4, 0.5) is 0 Å². The fourth-order valence-electron chi connectivity index (χ4n) is 2.97. The maximum Gasteiger partial charge on any atom is 0.354 e. The summed E-state index contributed by atoms with van der Waals surface area (Å²) in [5.74, 6) is -0.102. The molecule has 6 nitrogen and oxygen atoms in total. The molecule has 32 heavy (non-hydrogen) atoms. The van der Waals surface area contributed by atoms with E-state index in [2.05, 4.69) is 0 Å². The maximum absolute atomic E-state index is 12.7. The van der Waals surface area contributed by atoms with Crippen LogP contribution in [0.3, 0.4) is 0 Å². The lowest BCUT2D eigenvalue weighted by Crippen LogP contribution is -2.10. The molecule has 0 N–H and O–H groups in total. The molecule has 0 saturated heterocycles. The third kappa shape index (κ3) is 4.58. The van der Waals surface area contributed by atoms with Crippen LogP contribution in [0, 0.1) is 18.3 Å². The third-order valence-corrected chi connectivity index (χ3v) is 4.62. The number of ether oxygens (including phenoxy) is 2. The fourth-order valence-corrected chi connectivity index (χ4v) is 2.97. The summed E-state index contributed by atoms with van der Waals surface area (Å²) in [6.45, 7) is 1.95. The highest BCUT2D eigenvalue weighted by molar-refractivity contribution is 5.99. The van der Waals surface area contributed by atoms with Gasteiger partial charge < -0.3 is 13.9 Å². The summed E-state index contributed by atoms with van der Waals surface area (Å²) in [6, 6.07) is 22.5. The predicted molar refractivity (Wildman–Crippen MR) is 119 cm³/mol. The van der Waals surface area contributed by atoms with Crippen LogP contribution in [-0.2, 0) is 4.79 Å². The van der Waals surface area contributed by atoms with Crippen molar-refractivity contribution in [3.8, 4) is 23.3 Å². The second kappa shape index (κ2) is 9.02. The van der Waals surface area contributed by atoms with E-state index in [0.717, 1.165) is 5.56 Å². The van der Waals surface area contributed by atoms with Gasteiger partial charge in [-0.3, -0.25) is 4.79 Å². The predicted octanol–water partition coefficient (Wildman–Crippen LogP) is 5.41. The van der Waals surface area contributed by atoms with Crippen LogP contribution in [0.25, 0.3) is 17.0 Å². The van der Waals surface area contributed by atoms with E-state index in [0.29, 0.717) is 11.3 Å². The Morgan fingerprint density at radius 2 is 1.72 bits per heavy atom. The van der Waals surface area contributed by atoms with Gasteiger partial charge in [0.05, 0.1) is 5.39 Å². The second-order valence-corrected chi connectivity index (χ2v) is 6.97. The number of benzene rings is 3. The topological polar surface area (TPSA) is 89.5 Å². The van der Waals surface area contributed by atoms with Crippen molar-refractivity contribution in [1.82, 2.24) is 0 Å². The van der Waals surface area contributed by atoms with Crippen LogP contribution in [0.15, 0.2) is 93.8 Å². The molecular weight excluding hydrogens is 406 g/mol. The van der Waals surface area contributed by atoms with E-state index in [1.807, 2.05) is 31.2 Å². The van der Waals surface area contributed by atoms with Gasteiger partial charge >= 0.3 is 5.97 Å². The lowest BCUT2D eigenvalue weighted by molar-refractivity contribution is -0.129. The van der Waals surface area contributed by atoms with Crippen molar-refractivity contribution in [2.45, 2.75) is 6.92 Å². The summed E-state index contributed by atoms with van der Waals surface area (Å²) >= 11 is 0. The van der Waals surface area contributed by atoms with E-state index in [1.165, 1.54) is 30.5 Å². The van der Waals surface area contributed by atoms with Crippen LogP contribution in [0.2, 0.25) is 0 Å². The van der Waals surface area contributed by atoms with Crippen LogP contribution in [0.1, 0.15) is 11.1 Å². The van der Waals surface area contributed by atoms with Gasteiger partial charge in [0.25, 0.3) is 0 Å². The van der Waals surface area contributed by atoms with Crippen LogP contribution < -0.4 is 14.9 Å². The maximum atomic E-state index is 12.7. The molecule has 0 bridgehead atoms. The summed E-state index contributed by atoms with van der Waals surface area (Å²) in [6.07, 6.45) is 2.66. The van der Waals surface area contributed by atoms with Gasteiger partial charge in [0.15, 0.2) is 0 Å². The number of rotatable bonds is 5. The second-order valence-electron chi connectivity index (χ2n) is 6.97. The van der Waals surface area contributed by atoms with Crippen molar-refractivity contribution in [2.24, 2.45) is 0 Å². The highest BCUT2D eigenvalue weighted by Gasteiger charge is 2.15. The van der Waals surface area contributed by atoms with Gasteiger partial charge in [-0.1, -0.05) is 48.0 Å². The molecule has 1 heterocycles. The lowest BCUT2D eigenvalue weighted by Gasteiger charge is -2.07. The summed E-state index contributed by atoms with van der Waals surface area (Å²) in [7, 11) is 0. The van der Waals surface area contributed by atoms with E-state index in [-0.39, 0.29) is 33.5 Å². The normalized spacial score (nSPS) is 11.1. The number of fused-ring (bicyclic) bond motifs is 1. The average Bonchev–Trinajstić information content (AvgIpc) is 2.81. The number of carbonyl (C=O) groups excluding carboxylic acids is 1. The first-order valence-electron chi connectivity index (χ1n) is 9.72. The van der Waals surface area contributed by atoms with Crippen molar-refractivity contribution in [3.05, 3.63) is 106 Å². The number of aryl methyl sites for hydroxylation is 1. The van der Waals surface area contributed by atoms with Gasteiger partial charge in [-0.05, 0) is 42.8 Å². The van der Waals surface area contributed by atoms with E-state index in [4.69, 9.17) is 13.9 Å². The Morgan fingerprint density at radius 3 is 2.44 bits per heavy atom. The summed E-state index contributed by atoms with van der Waals surface area (Å²) in [5, 5.41) is 9.59. The largest absolute Gasteiger partial charge is 0.460 e. The molecular formula is C26H17NO5. The Labute approximate surface area is 183 Å². The summed E-state index contributed by atoms with van der Waals surface area (Å²) < 4.78 is 16.5. The average molecular weight is 423 g/mol. The van der Waals surface area contributed by atoms with Gasteiger partial charge in [0.1, 0.15) is 35.0 Å². The van der Waals surface area contributed by atoms with E-state index in [9.17, 15) is 14.9 Å². The van der Waals surface area contributed by atoms with Crippen molar-refractivity contribution >= 4 is 23.0 Å². The third-order valence-electron chi connectivity index (χ3n) is 4.62. The molecule has 0 fully saturated rings. The highest BCUT2D eigenvalue weighted by atomic mass is 16.5. The molecule has 0 amide bonds. The molecule has 3 aromatic carbocycles. The van der Waals surface area contributed by atoms with Crippen molar-refractivity contribution in [3.63, 3.8) is 0 Å². The first kappa shape index (κ1) is 20.6. The zero-order valence-electron chi connectivity index (χ0n) is 17.1. The van der Waals surface area contributed by atoms with Crippen molar-refractivity contribution in [2.75, 3.05) is 0 Å². The number of esters is 1. The molecule has 156 valence electrons. The SMILES string of the molecule is Cc1ccc(Oc2coc3cc(OC(=O)/C(C#N)=C/c4ccccc4)ccc3c2=O)cc1. The molecule has 0 saturated carbocycles. The molecule has 0 spiro atoms. The van der Waals surface area contributed by atoms with Gasteiger partial charge in [-0.15, -0.1) is 0 Å². The van der Waals surface area contributed by atoms with Crippen molar-refractivity contribution in [1.29, 1.82) is 5.26 Å². The molecule has 0 aliphatic rings. The first-order valence-corrected chi connectivity index (χ1v) is 9.72. The Morgan fingerprint density at radius 1 is 1.00 bits per heavy atom. The number of nitriles is 1. The Kier molecular flexibility index (Phi) is 5.82. The minimum atomic E-state index is -0.808.